The van der Waals surface area contributed by atoms with Crippen molar-refractivity contribution in [1.82, 2.24) is 15.2 Å². The molecule has 4 heteroatoms. The van der Waals surface area contributed by atoms with Gasteiger partial charge in [0.05, 0.1) is 18.5 Å². The van der Waals surface area contributed by atoms with Crippen LogP contribution in [0.15, 0.2) is 41.1 Å². The summed E-state index contributed by atoms with van der Waals surface area (Å²) in [6.07, 6.45) is 3.63. The predicted molar refractivity (Wildman–Crippen MR) is 70.9 cm³/mol. The first-order valence-electron chi connectivity index (χ1n) is 6.07. The van der Waals surface area contributed by atoms with Crippen LogP contribution in [0, 0.1) is 0 Å². The van der Waals surface area contributed by atoms with Gasteiger partial charge < -0.3 is 9.73 Å². The van der Waals surface area contributed by atoms with Gasteiger partial charge in [0.25, 0.3) is 0 Å². The largest absolute Gasteiger partial charge is 0.468 e. The Bertz CT molecular complexity index is 450. The van der Waals surface area contributed by atoms with E-state index in [1.165, 1.54) is 5.56 Å². The van der Waals surface area contributed by atoms with Crippen LogP contribution in [0.1, 0.15) is 17.0 Å². The molecule has 18 heavy (non-hydrogen) atoms. The fourth-order valence-electron chi connectivity index (χ4n) is 1.86. The molecule has 0 aliphatic carbocycles. The van der Waals surface area contributed by atoms with Crippen molar-refractivity contribution in [3.8, 4) is 0 Å². The summed E-state index contributed by atoms with van der Waals surface area (Å²) in [5, 5.41) is 3.11. The van der Waals surface area contributed by atoms with Gasteiger partial charge in [-0.15, -0.1) is 0 Å². The Morgan fingerprint density at radius 1 is 1.28 bits per heavy atom. The summed E-state index contributed by atoms with van der Waals surface area (Å²) in [6, 6.07) is 8.08. The summed E-state index contributed by atoms with van der Waals surface area (Å²) in [5.41, 5.74) is 2.28. The molecule has 4 nitrogen and oxygen atoms in total. The molecular weight excluding hydrogens is 226 g/mol. The van der Waals surface area contributed by atoms with Gasteiger partial charge in [-0.3, -0.25) is 9.88 Å². The number of hydrogen-bond acceptors (Lipinski definition) is 4. The van der Waals surface area contributed by atoms with Crippen LogP contribution in [-0.4, -0.2) is 24.0 Å². The van der Waals surface area contributed by atoms with Gasteiger partial charge in [0.1, 0.15) is 5.76 Å². The molecule has 2 heterocycles. The molecule has 0 aliphatic heterocycles. The van der Waals surface area contributed by atoms with Crippen LogP contribution in [0.5, 0.6) is 0 Å². The topological polar surface area (TPSA) is 41.3 Å². The average Bonchev–Trinajstić information content (AvgIpc) is 2.84. The fraction of sp³-hybridized carbons (Fsp3) is 0.357. The number of hydrogen-bond donors (Lipinski definition) is 1. The van der Waals surface area contributed by atoms with Gasteiger partial charge in [-0.25, -0.2) is 0 Å². The number of pyridine rings is 1. The van der Waals surface area contributed by atoms with Crippen molar-refractivity contribution in [1.29, 1.82) is 0 Å². The van der Waals surface area contributed by atoms with Gasteiger partial charge in [0, 0.05) is 19.3 Å². The molecule has 0 unspecified atom stereocenters. The molecule has 0 amide bonds. The second-order valence-electron chi connectivity index (χ2n) is 4.44. The molecule has 2 rings (SSSR count). The van der Waals surface area contributed by atoms with Crippen LogP contribution in [0.25, 0.3) is 0 Å². The molecule has 1 N–H and O–H groups in total. The van der Waals surface area contributed by atoms with Crippen LogP contribution in [-0.2, 0) is 19.6 Å². The van der Waals surface area contributed by atoms with Crippen molar-refractivity contribution < 1.29 is 4.42 Å². The third kappa shape index (κ3) is 3.68. The van der Waals surface area contributed by atoms with E-state index in [9.17, 15) is 0 Å². The van der Waals surface area contributed by atoms with Gasteiger partial charge in [-0.05, 0) is 37.9 Å². The molecule has 0 fully saturated rings. The van der Waals surface area contributed by atoms with Crippen LogP contribution < -0.4 is 5.32 Å². The Hall–Kier alpha value is -1.65. The first-order valence-corrected chi connectivity index (χ1v) is 6.07. The van der Waals surface area contributed by atoms with E-state index >= 15 is 0 Å². The van der Waals surface area contributed by atoms with Crippen molar-refractivity contribution in [3.63, 3.8) is 0 Å². The van der Waals surface area contributed by atoms with Crippen LogP contribution in [0.2, 0.25) is 0 Å². The lowest BCUT2D eigenvalue weighted by Gasteiger charge is -2.14. The normalized spacial score (nSPS) is 11.1. The van der Waals surface area contributed by atoms with Crippen LogP contribution >= 0.6 is 0 Å². The molecule has 0 radical (unpaired) electrons. The predicted octanol–water partition coefficient (Wildman–Crippen LogP) is 2.03. The maximum atomic E-state index is 5.32. The summed E-state index contributed by atoms with van der Waals surface area (Å²) in [7, 11) is 4.00. The Balaban J connectivity index is 1.88. The highest BCUT2D eigenvalue weighted by atomic mass is 16.3. The fourth-order valence-corrected chi connectivity index (χ4v) is 1.86. The highest BCUT2D eigenvalue weighted by molar-refractivity contribution is 5.14. The van der Waals surface area contributed by atoms with Crippen molar-refractivity contribution in [2.75, 3.05) is 14.1 Å². The van der Waals surface area contributed by atoms with E-state index in [0.717, 1.165) is 31.1 Å². The minimum Gasteiger partial charge on any atom is -0.468 e. The number of furan rings is 1. The average molecular weight is 245 g/mol. The molecule has 96 valence electrons. The SMILES string of the molecule is CNCc1ccc(CN(C)Cc2ccco2)nc1. The van der Waals surface area contributed by atoms with Gasteiger partial charge >= 0.3 is 0 Å². The second-order valence-corrected chi connectivity index (χ2v) is 4.44. The molecule has 0 atom stereocenters. The van der Waals surface area contributed by atoms with Crippen LogP contribution in [0.3, 0.4) is 0 Å². The summed E-state index contributed by atoms with van der Waals surface area (Å²) in [4.78, 5) is 6.63. The first kappa shape index (κ1) is 12.8. The number of rotatable bonds is 6. The smallest absolute Gasteiger partial charge is 0.117 e. The molecule has 2 aromatic heterocycles. The van der Waals surface area contributed by atoms with E-state index in [0.29, 0.717) is 0 Å². The van der Waals surface area contributed by atoms with E-state index in [1.807, 2.05) is 25.4 Å². The van der Waals surface area contributed by atoms with E-state index in [4.69, 9.17) is 4.42 Å². The molecule has 0 saturated heterocycles. The Labute approximate surface area is 108 Å². The highest BCUT2D eigenvalue weighted by Crippen LogP contribution is 2.07. The third-order valence-electron chi connectivity index (χ3n) is 2.70. The molecule has 0 saturated carbocycles. The lowest BCUT2D eigenvalue weighted by atomic mass is 10.2. The van der Waals surface area contributed by atoms with Crippen molar-refractivity contribution >= 4 is 0 Å². The standard InChI is InChI=1S/C14H19N3O/c1-15-8-12-5-6-13(16-9-12)10-17(2)11-14-4-3-7-18-14/h3-7,9,15H,8,10-11H2,1-2H3. The number of nitrogens with zero attached hydrogens (tertiary/aromatic N) is 2. The van der Waals surface area contributed by atoms with Crippen LogP contribution in [0.4, 0.5) is 0 Å². The molecule has 0 aromatic carbocycles. The lowest BCUT2D eigenvalue weighted by Crippen LogP contribution is -2.17. The van der Waals surface area contributed by atoms with Gasteiger partial charge in [-0.2, -0.15) is 0 Å². The monoisotopic (exact) mass is 245 g/mol. The maximum absolute atomic E-state index is 5.32. The zero-order valence-corrected chi connectivity index (χ0v) is 10.9. The number of aromatic nitrogens is 1. The molecule has 0 spiro atoms. The molecular formula is C14H19N3O. The minimum atomic E-state index is 0.799. The summed E-state index contributed by atoms with van der Waals surface area (Å²) in [6.45, 7) is 2.48. The van der Waals surface area contributed by atoms with Crippen molar-refractivity contribution in [2.24, 2.45) is 0 Å². The quantitative estimate of drug-likeness (QED) is 0.845. The highest BCUT2D eigenvalue weighted by Gasteiger charge is 2.04. The van der Waals surface area contributed by atoms with Gasteiger partial charge in [0.15, 0.2) is 0 Å². The minimum absolute atomic E-state index is 0.799. The third-order valence-corrected chi connectivity index (χ3v) is 2.70. The summed E-state index contributed by atoms with van der Waals surface area (Å²) >= 11 is 0. The molecule has 0 aliphatic rings. The van der Waals surface area contributed by atoms with E-state index in [-0.39, 0.29) is 0 Å². The summed E-state index contributed by atoms with van der Waals surface area (Å²) < 4.78 is 5.32. The van der Waals surface area contributed by atoms with Gasteiger partial charge in [-0.1, -0.05) is 6.07 Å². The molecule has 2 aromatic rings. The van der Waals surface area contributed by atoms with E-state index in [1.54, 1.807) is 6.26 Å². The zero-order chi connectivity index (χ0) is 12.8. The second kappa shape index (κ2) is 6.33. The van der Waals surface area contributed by atoms with Crippen molar-refractivity contribution in [3.05, 3.63) is 53.7 Å². The van der Waals surface area contributed by atoms with Crippen molar-refractivity contribution in [2.45, 2.75) is 19.6 Å². The van der Waals surface area contributed by atoms with Gasteiger partial charge in [0.2, 0.25) is 0 Å². The molecule has 0 bridgehead atoms. The Morgan fingerprint density at radius 3 is 2.78 bits per heavy atom. The maximum Gasteiger partial charge on any atom is 0.117 e. The van der Waals surface area contributed by atoms with E-state index < -0.39 is 0 Å². The summed E-state index contributed by atoms with van der Waals surface area (Å²) in [5.74, 6) is 0.976. The lowest BCUT2D eigenvalue weighted by molar-refractivity contribution is 0.285. The zero-order valence-electron chi connectivity index (χ0n) is 10.9. The number of nitrogens with one attached hydrogen (secondary N) is 1. The van der Waals surface area contributed by atoms with E-state index in [2.05, 4.69) is 34.4 Å². The Kier molecular flexibility index (Phi) is 4.50. The Morgan fingerprint density at radius 2 is 2.17 bits per heavy atom. The first-order chi connectivity index (χ1) is 8.78.